The Bertz CT molecular complexity index is 178. The highest BCUT2D eigenvalue weighted by Crippen LogP contribution is 2.24. The van der Waals surface area contributed by atoms with Crippen LogP contribution in [0.3, 0.4) is 0 Å². The molecule has 0 aromatic heterocycles. The van der Waals surface area contributed by atoms with Gasteiger partial charge in [-0.05, 0) is 18.8 Å². The topological polar surface area (TPSA) is 61.5 Å². The van der Waals surface area contributed by atoms with Crippen molar-refractivity contribution in [2.24, 2.45) is 11.7 Å². The summed E-state index contributed by atoms with van der Waals surface area (Å²) in [6, 6.07) is -0.638. The summed E-state index contributed by atoms with van der Waals surface area (Å²) >= 11 is 0. The van der Waals surface area contributed by atoms with E-state index in [2.05, 4.69) is 0 Å². The molecular formula is C10H19NO3. The Morgan fingerprint density at radius 3 is 2.71 bits per heavy atom. The molecule has 4 heteroatoms. The molecule has 0 amide bonds. The summed E-state index contributed by atoms with van der Waals surface area (Å²) < 4.78 is 9.87. The van der Waals surface area contributed by atoms with Crippen LogP contribution in [0.15, 0.2) is 0 Å². The summed E-state index contributed by atoms with van der Waals surface area (Å²) in [4.78, 5) is 11.3. The fourth-order valence-electron chi connectivity index (χ4n) is 1.73. The Morgan fingerprint density at radius 1 is 1.50 bits per heavy atom. The zero-order valence-corrected chi connectivity index (χ0v) is 8.70. The second kappa shape index (κ2) is 5.98. The second-order valence-corrected chi connectivity index (χ2v) is 3.84. The van der Waals surface area contributed by atoms with E-state index < -0.39 is 6.04 Å². The van der Waals surface area contributed by atoms with Gasteiger partial charge in [-0.1, -0.05) is 12.8 Å². The SMILES string of the molecule is COCC(N)C(=O)OCC1CCCC1. The molecule has 1 rings (SSSR count). The normalized spacial score (nSPS) is 19.6. The Labute approximate surface area is 84.7 Å². The summed E-state index contributed by atoms with van der Waals surface area (Å²) in [5.74, 6) is 0.201. The molecule has 0 radical (unpaired) electrons. The van der Waals surface area contributed by atoms with Crippen LogP contribution in [0.1, 0.15) is 25.7 Å². The smallest absolute Gasteiger partial charge is 0.325 e. The Balaban J connectivity index is 2.13. The van der Waals surface area contributed by atoms with Crippen molar-refractivity contribution in [3.63, 3.8) is 0 Å². The highest BCUT2D eigenvalue weighted by molar-refractivity contribution is 5.75. The van der Waals surface area contributed by atoms with Crippen molar-refractivity contribution < 1.29 is 14.3 Å². The predicted molar refractivity (Wildman–Crippen MR) is 52.8 cm³/mol. The molecule has 14 heavy (non-hydrogen) atoms. The van der Waals surface area contributed by atoms with E-state index in [1.807, 2.05) is 0 Å². The molecule has 0 aromatic rings. The molecule has 1 saturated carbocycles. The van der Waals surface area contributed by atoms with Crippen molar-refractivity contribution in [2.75, 3.05) is 20.3 Å². The summed E-state index contributed by atoms with van der Waals surface area (Å²) in [7, 11) is 1.52. The van der Waals surface area contributed by atoms with Crippen LogP contribution in [0, 0.1) is 5.92 Å². The van der Waals surface area contributed by atoms with Crippen molar-refractivity contribution in [1.29, 1.82) is 0 Å². The first-order valence-corrected chi connectivity index (χ1v) is 5.15. The Kier molecular flexibility index (Phi) is 4.90. The molecule has 0 heterocycles. The molecule has 0 bridgehead atoms. The Morgan fingerprint density at radius 2 is 2.14 bits per heavy atom. The molecule has 0 aliphatic heterocycles. The molecule has 0 saturated heterocycles. The van der Waals surface area contributed by atoms with E-state index in [-0.39, 0.29) is 12.6 Å². The molecule has 1 fully saturated rings. The number of hydrogen-bond donors (Lipinski definition) is 1. The average molecular weight is 201 g/mol. The van der Waals surface area contributed by atoms with E-state index in [0.29, 0.717) is 12.5 Å². The number of carbonyl (C=O) groups is 1. The van der Waals surface area contributed by atoms with E-state index in [9.17, 15) is 4.79 Å². The molecule has 1 unspecified atom stereocenters. The van der Waals surface area contributed by atoms with Crippen LogP contribution in [0.2, 0.25) is 0 Å². The Hall–Kier alpha value is -0.610. The molecule has 1 aliphatic rings. The van der Waals surface area contributed by atoms with Gasteiger partial charge >= 0.3 is 5.97 Å². The van der Waals surface area contributed by atoms with Crippen molar-refractivity contribution >= 4 is 5.97 Å². The van der Waals surface area contributed by atoms with Gasteiger partial charge in [-0.15, -0.1) is 0 Å². The summed E-state index contributed by atoms with van der Waals surface area (Å²) in [5, 5.41) is 0. The minimum Gasteiger partial charge on any atom is -0.464 e. The highest BCUT2D eigenvalue weighted by Gasteiger charge is 2.19. The van der Waals surface area contributed by atoms with Crippen LogP contribution in [0.25, 0.3) is 0 Å². The number of rotatable bonds is 5. The molecule has 2 N–H and O–H groups in total. The monoisotopic (exact) mass is 201 g/mol. The number of nitrogens with two attached hydrogens (primary N) is 1. The van der Waals surface area contributed by atoms with Gasteiger partial charge in [-0.25, -0.2) is 0 Å². The van der Waals surface area contributed by atoms with Gasteiger partial charge in [-0.2, -0.15) is 0 Å². The fraction of sp³-hybridized carbons (Fsp3) is 0.900. The van der Waals surface area contributed by atoms with E-state index >= 15 is 0 Å². The molecular weight excluding hydrogens is 182 g/mol. The average Bonchev–Trinajstić information content (AvgIpc) is 2.67. The minimum absolute atomic E-state index is 0.226. The fourth-order valence-corrected chi connectivity index (χ4v) is 1.73. The van der Waals surface area contributed by atoms with Crippen LogP contribution in [-0.2, 0) is 14.3 Å². The zero-order valence-electron chi connectivity index (χ0n) is 8.70. The number of hydrogen-bond acceptors (Lipinski definition) is 4. The third kappa shape index (κ3) is 3.64. The number of ether oxygens (including phenoxy) is 2. The van der Waals surface area contributed by atoms with Gasteiger partial charge in [0.05, 0.1) is 13.2 Å². The first kappa shape index (κ1) is 11.5. The minimum atomic E-state index is -0.638. The lowest BCUT2D eigenvalue weighted by atomic mass is 10.1. The molecule has 82 valence electrons. The van der Waals surface area contributed by atoms with E-state index in [1.165, 1.54) is 32.8 Å². The van der Waals surface area contributed by atoms with E-state index in [0.717, 1.165) is 0 Å². The van der Waals surface area contributed by atoms with Crippen molar-refractivity contribution in [3.05, 3.63) is 0 Å². The lowest BCUT2D eigenvalue weighted by Gasteiger charge is -2.13. The number of carbonyl (C=O) groups excluding carboxylic acids is 1. The van der Waals surface area contributed by atoms with Gasteiger partial charge in [-0.3, -0.25) is 4.79 Å². The van der Waals surface area contributed by atoms with Gasteiger partial charge in [0.2, 0.25) is 0 Å². The van der Waals surface area contributed by atoms with Gasteiger partial charge in [0.1, 0.15) is 6.04 Å². The van der Waals surface area contributed by atoms with Gasteiger partial charge < -0.3 is 15.2 Å². The maximum atomic E-state index is 11.3. The first-order valence-electron chi connectivity index (χ1n) is 5.15. The van der Waals surface area contributed by atoms with Crippen molar-refractivity contribution in [2.45, 2.75) is 31.7 Å². The lowest BCUT2D eigenvalue weighted by molar-refractivity contribution is -0.147. The molecule has 1 aliphatic carbocycles. The summed E-state index contributed by atoms with van der Waals surface area (Å²) in [6.45, 7) is 0.750. The standard InChI is InChI=1S/C10H19NO3/c1-13-7-9(11)10(12)14-6-8-4-2-3-5-8/h8-9H,2-7,11H2,1H3. The molecule has 0 aromatic carbocycles. The quantitative estimate of drug-likeness (QED) is 0.665. The van der Waals surface area contributed by atoms with E-state index in [1.54, 1.807) is 0 Å². The van der Waals surface area contributed by atoms with Crippen LogP contribution in [0.5, 0.6) is 0 Å². The first-order chi connectivity index (χ1) is 6.74. The number of methoxy groups -OCH3 is 1. The predicted octanol–water partition coefficient (Wildman–Crippen LogP) is 0.693. The second-order valence-electron chi connectivity index (χ2n) is 3.84. The van der Waals surface area contributed by atoms with Crippen LogP contribution < -0.4 is 5.73 Å². The lowest BCUT2D eigenvalue weighted by Crippen LogP contribution is -2.37. The van der Waals surface area contributed by atoms with Gasteiger partial charge in [0, 0.05) is 7.11 Å². The van der Waals surface area contributed by atoms with Crippen LogP contribution in [-0.4, -0.2) is 32.3 Å². The van der Waals surface area contributed by atoms with Gasteiger partial charge in [0.25, 0.3) is 0 Å². The van der Waals surface area contributed by atoms with Crippen LogP contribution >= 0.6 is 0 Å². The van der Waals surface area contributed by atoms with Crippen molar-refractivity contribution in [1.82, 2.24) is 0 Å². The van der Waals surface area contributed by atoms with E-state index in [4.69, 9.17) is 15.2 Å². The third-order valence-electron chi connectivity index (χ3n) is 2.59. The molecule has 1 atom stereocenters. The maximum Gasteiger partial charge on any atom is 0.325 e. The number of esters is 1. The highest BCUT2D eigenvalue weighted by atomic mass is 16.5. The van der Waals surface area contributed by atoms with Crippen molar-refractivity contribution in [3.8, 4) is 0 Å². The largest absolute Gasteiger partial charge is 0.464 e. The molecule has 0 spiro atoms. The summed E-state index contributed by atoms with van der Waals surface area (Å²) in [6.07, 6.45) is 4.86. The van der Waals surface area contributed by atoms with Gasteiger partial charge in [0.15, 0.2) is 0 Å². The summed E-state index contributed by atoms with van der Waals surface area (Å²) in [5.41, 5.74) is 5.51. The zero-order chi connectivity index (χ0) is 10.4. The molecule has 4 nitrogen and oxygen atoms in total. The third-order valence-corrected chi connectivity index (χ3v) is 2.59. The van der Waals surface area contributed by atoms with Crippen LogP contribution in [0.4, 0.5) is 0 Å². The maximum absolute atomic E-state index is 11.3.